The number of carbonyl (C=O) groups is 3. The molecule has 16 nitrogen and oxygen atoms in total. The van der Waals surface area contributed by atoms with E-state index in [4.69, 9.17) is 32.3 Å². The molecule has 0 aromatic carbocycles. The highest BCUT2D eigenvalue weighted by Gasteiger charge is 2.30. The van der Waals surface area contributed by atoms with Gasteiger partial charge in [0.25, 0.3) is 0 Å². The number of phosphoric ester groups is 2. The van der Waals surface area contributed by atoms with Gasteiger partial charge in [0, 0.05) is 19.3 Å². The van der Waals surface area contributed by atoms with E-state index in [1.54, 1.807) is 0 Å². The van der Waals surface area contributed by atoms with Crippen molar-refractivity contribution in [3.8, 4) is 0 Å². The van der Waals surface area contributed by atoms with E-state index in [0.717, 1.165) is 141 Å². The lowest BCUT2D eigenvalue weighted by atomic mass is 10.0. The van der Waals surface area contributed by atoms with Gasteiger partial charge < -0.3 is 34.2 Å². The predicted octanol–water partition coefficient (Wildman–Crippen LogP) is 29.3. The maximum atomic E-state index is 13.0. The molecule has 0 rings (SSSR count). The molecule has 5 atom stereocenters. The molecule has 0 aromatic rings. The van der Waals surface area contributed by atoms with Crippen molar-refractivity contribution in [2.24, 2.45) is 0 Å². The van der Waals surface area contributed by atoms with Gasteiger partial charge in [0.05, 0.1) is 26.4 Å². The molecule has 0 spiro atoms. The zero-order valence-corrected chi connectivity index (χ0v) is 76.4. The van der Waals surface area contributed by atoms with Gasteiger partial charge in [-0.3, -0.25) is 32.5 Å². The maximum Gasteiger partial charge on any atom is 0.472 e. The summed E-state index contributed by atoms with van der Waals surface area (Å²) in [4.78, 5) is 58.8. The molecular weight excluding hydrogens is 1510 g/mol. The Morgan fingerprint density at radius 3 is 0.726 bits per heavy atom. The first kappa shape index (κ1) is 113. The van der Waals surface area contributed by atoms with Crippen molar-refractivity contribution < 1.29 is 75.8 Å². The number of aliphatic hydroxyl groups excluding tert-OH is 2. The second-order valence-corrected chi connectivity index (χ2v) is 34.7. The molecule has 0 aliphatic heterocycles. The van der Waals surface area contributed by atoms with Crippen molar-refractivity contribution in [2.75, 3.05) is 39.6 Å². The summed E-state index contributed by atoms with van der Waals surface area (Å²) in [6.45, 7) is 2.47. The summed E-state index contributed by atoms with van der Waals surface area (Å²) >= 11 is 0. The molecule has 0 fully saturated rings. The molecule has 0 aromatic heterocycles. The molecule has 0 aliphatic carbocycles. The lowest BCUT2D eigenvalue weighted by Gasteiger charge is -2.21. The number of hydrogen-bond acceptors (Lipinski definition) is 14. The van der Waals surface area contributed by atoms with Crippen molar-refractivity contribution in [3.63, 3.8) is 0 Å². The molecule has 5 unspecified atom stereocenters. The van der Waals surface area contributed by atoms with Gasteiger partial charge >= 0.3 is 33.6 Å². The van der Waals surface area contributed by atoms with Crippen LogP contribution >= 0.6 is 15.6 Å². The van der Waals surface area contributed by atoms with Crippen molar-refractivity contribution >= 4 is 33.6 Å². The molecule has 0 amide bonds. The zero-order valence-electron chi connectivity index (χ0n) is 74.6. The number of phosphoric acid groups is 2. The number of hydrogen-bond donors (Lipinski definition) is 4. The van der Waals surface area contributed by atoms with Gasteiger partial charge in [0.15, 0.2) is 6.10 Å². The largest absolute Gasteiger partial charge is 0.472 e. The Morgan fingerprint density at radius 1 is 0.248 bits per heavy atom. The van der Waals surface area contributed by atoms with Gasteiger partial charge in [0.2, 0.25) is 0 Å². The fourth-order valence-electron chi connectivity index (χ4n) is 13.2. The van der Waals surface area contributed by atoms with Crippen molar-refractivity contribution in [1.29, 1.82) is 0 Å². The predicted molar refractivity (Wildman–Crippen MR) is 491 cm³/mol. The standard InChI is InChI=1S/C99H174O16P2/c1-4-7-10-13-16-19-22-24-26-28-30-32-34-36-38-40-42-44-46-48-50-52-54-56-58-60-62-64-66-68-71-73-76-79-82-85-97(102)109-88-94(100)89-111-116(105,106)112-90-95(101)91-113-117(107,108)114-93-96(115-99(104)87-84-81-78-75-70-21-18-15-12-9-6-3)92-110-98(103)86-83-80-77-74-72-69-67-65-63-61-59-57-55-53-51-49-47-45-43-41-39-37-35-33-31-29-27-25-23-20-17-14-11-8-5-2/h7-8,10-11,15-20,24-27,30-33,36-39,94-96,100-101H,4-6,9,12-14,21-23,28-29,34-35,40-93H2,1-3H3,(H,105,106)(H,107,108)/b10-7-,11-8-,18-15-,19-16-,20-17-,26-24-,27-25-,32-30-,33-31-,38-36-,39-37-. The Labute approximate surface area is 715 Å². The molecule has 0 heterocycles. The van der Waals surface area contributed by atoms with Gasteiger partial charge in [-0.25, -0.2) is 9.13 Å². The van der Waals surface area contributed by atoms with Gasteiger partial charge in [-0.05, 0) is 128 Å². The number of ether oxygens (including phenoxy) is 3. The second kappa shape index (κ2) is 90.9. The van der Waals surface area contributed by atoms with E-state index in [1.165, 1.54) is 218 Å². The first-order valence-corrected chi connectivity index (χ1v) is 50.5. The lowest BCUT2D eigenvalue weighted by molar-refractivity contribution is -0.161. The summed E-state index contributed by atoms with van der Waals surface area (Å²) in [7, 11) is -9.79. The third-order valence-electron chi connectivity index (χ3n) is 20.3. The minimum Gasteiger partial charge on any atom is -0.463 e. The van der Waals surface area contributed by atoms with Gasteiger partial charge in [-0.1, -0.05) is 405 Å². The van der Waals surface area contributed by atoms with Crippen LogP contribution in [-0.2, 0) is 55.8 Å². The first-order chi connectivity index (χ1) is 57.2. The number of aliphatic hydroxyl groups is 2. The van der Waals surface area contributed by atoms with Gasteiger partial charge in [-0.15, -0.1) is 0 Å². The molecule has 0 saturated carbocycles. The molecule has 0 saturated heterocycles. The quantitative estimate of drug-likeness (QED) is 0.0146. The van der Waals surface area contributed by atoms with Crippen LogP contribution in [0.1, 0.15) is 419 Å². The summed E-state index contributed by atoms with van der Waals surface area (Å²) in [5.41, 5.74) is 0. The summed E-state index contributed by atoms with van der Waals surface area (Å²) in [5.74, 6) is -1.56. The van der Waals surface area contributed by atoms with E-state index in [-0.39, 0.29) is 19.3 Å². The van der Waals surface area contributed by atoms with Crippen LogP contribution < -0.4 is 0 Å². The highest BCUT2D eigenvalue weighted by Crippen LogP contribution is 2.45. The molecule has 117 heavy (non-hydrogen) atoms. The maximum absolute atomic E-state index is 13.0. The van der Waals surface area contributed by atoms with Crippen LogP contribution in [-0.4, -0.2) is 95.9 Å². The van der Waals surface area contributed by atoms with E-state index in [1.807, 2.05) is 0 Å². The van der Waals surface area contributed by atoms with E-state index in [2.05, 4.69) is 154 Å². The van der Waals surface area contributed by atoms with E-state index >= 15 is 0 Å². The van der Waals surface area contributed by atoms with Gasteiger partial charge in [0.1, 0.15) is 25.4 Å². The zero-order chi connectivity index (χ0) is 85.1. The molecule has 18 heteroatoms. The molecule has 0 aliphatic rings. The number of unbranched alkanes of at least 4 members (excludes halogenated alkanes) is 45. The summed E-state index contributed by atoms with van der Waals surface area (Å²) in [6.07, 6.45) is 114. The van der Waals surface area contributed by atoms with E-state index in [9.17, 15) is 43.5 Å². The lowest BCUT2D eigenvalue weighted by Crippen LogP contribution is -2.30. The van der Waals surface area contributed by atoms with E-state index in [0.29, 0.717) is 19.3 Å². The Bertz CT molecular complexity index is 2660. The van der Waals surface area contributed by atoms with Crippen LogP contribution in [0, 0.1) is 0 Å². The monoisotopic (exact) mass is 1680 g/mol. The Kier molecular flexibility index (Phi) is 87.6. The molecule has 4 N–H and O–H groups in total. The Morgan fingerprint density at radius 2 is 0.453 bits per heavy atom. The van der Waals surface area contributed by atoms with Crippen LogP contribution in [0.3, 0.4) is 0 Å². The third-order valence-corrected chi connectivity index (χ3v) is 22.2. The Hall–Kier alpha value is -4.31. The first-order valence-electron chi connectivity index (χ1n) is 47.5. The number of carbonyl (C=O) groups excluding carboxylic acids is 3. The van der Waals surface area contributed by atoms with Crippen LogP contribution in [0.5, 0.6) is 0 Å². The molecule has 0 radical (unpaired) electrons. The van der Waals surface area contributed by atoms with Crippen LogP contribution in [0.2, 0.25) is 0 Å². The fraction of sp³-hybridized carbons (Fsp3) is 0.747. The average Bonchev–Trinajstić information content (AvgIpc) is 0.920. The molecular formula is C99H174O16P2. The van der Waals surface area contributed by atoms with Crippen molar-refractivity contribution in [1.82, 2.24) is 0 Å². The number of rotatable bonds is 90. The van der Waals surface area contributed by atoms with Gasteiger partial charge in [-0.2, -0.15) is 0 Å². The SMILES string of the molecule is CC/C=C\C/C=C\C/C=C\C/C=C\C/C=C\CCCCCCCCCCCCCCCCCCCCCC(=O)OCC(O)COP(=O)(O)OCC(O)COP(=O)(O)OCC(COC(=O)CCCCCCCCCCCCCCCCCCCCC/C=C\C/C=C\C/C=C\C/C=C\C/C=C\CC)OC(=O)CCCCCCC/C=C\CCCC. The fourth-order valence-corrected chi connectivity index (χ4v) is 14.8. The van der Waals surface area contributed by atoms with Crippen LogP contribution in [0.25, 0.3) is 0 Å². The highest BCUT2D eigenvalue weighted by molar-refractivity contribution is 7.47. The topological polar surface area (TPSA) is 231 Å². The minimum absolute atomic E-state index is 0.0960. The second-order valence-electron chi connectivity index (χ2n) is 31.8. The van der Waals surface area contributed by atoms with Crippen LogP contribution in [0.15, 0.2) is 134 Å². The minimum atomic E-state index is -4.93. The smallest absolute Gasteiger partial charge is 0.463 e. The number of esters is 3. The summed E-state index contributed by atoms with van der Waals surface area (Å²) in [6, 6.07) is 0. The average molecular weight is 1680 g/mol. The van der Waals surface area contributed by atoms with Crippen molar-refractivity contribution in [3.05, 3.63) is 134 Å². The Balaban J connectivity index is 4.28. The van der Waals surface area contributed by atoms with Crippen LogP contribution in [0.4, 0.5) is 0 Å². The summed E-state index contributed by atoms with van der Waals surface area (Å²) < 4.78 is 61.3. The van der Waals surface area contributed by atoms with E-state index < -0.39 is 91.5 Å². The molecule has 676 valence electrons. The van der Waals surface area contributed by atoms with Crippen molar-refractivity contribution in [2.45, 2.75) is 437 Å². The molecule has 0 bridgehead atoms. The third kappa shape index (κ3) is 92.3. The number of allylic oxidation sites excluding steroid dienone is 22. The highest BCUT2D eigenvalue weighted by atomic mass is 31.2. The normalized spacial score (nSPS) is 14.4. The summed E-state index contributed by atoms with van der Waals surface area (Å²) in [5, 5.41) is 20.7.